The fourth-order valence-corrected chi connectivity index (χ4v) is 3.36. The fourth-order valence-electron chi connectivity index (χ4n) is 2.44. The Morgan fingerprint density at radius 1 is 1.45 bits per heavy atom. The molecule has 0 saturated carbocycles. The van der Waals surface area contributed by atoms with E-state index in [1.54, 1.807) is 7.11 Å². The highest BCUT2D eigenvalue weighted by atomic mass is 32.1. The van der Waals surface area contributed by atoms with E-state index in [4.69, 9.17) is 4.74 Å². The van der Waals surface area contributed by atoms with Crippen LogP contribution in [0, 0.1) is 0 Å². The van der Waals surface area contributed by atoms with E-state index in [1.807, 2.05) is 0 Å². The third-order valence-electron chi connectivity index (χ3n) is 3.79. The van der Waals surface area contributed by atoms with Gasteiger partial charge in [0.05, 0.1) is 12.3 Å². The summed E-state index contributed by atoms with van der Waals surface area (Å²) in [5.74, 6) is -0.934. The Labute approximate surface area is 123 Å². The molecule has 1 N–H and O–H groups in total. The first-order valence-corrected chi connectivity index (χ1v) is 7.44. The normalized spacial score (nSPS) is 24.1. The largest absolute Gasteiger partial charge is 0.477 e. The van der Waals surface area contributed by atoms with Gasteiger partial charge in [0.15, 0.2) is 5.13 Å². The van der Waals surface area contributed by atoms with Crippen LogP contribution < -0.4 is 4.90 Å². The van der Waals surface area contributed by atoms with E-state index in [9.17, 15) is 9.90 Å². The van der Waals surface area contributed by atoms with Crippen molar-refractivity contribution >= 4 is 22.4 Å². The maximum Gasteiger partial charge on any atom is 0.347 e. The molecule has 0 spiro atoms. The quantitative estimate of drug-likeness (QED) is 0.909. The van der Waals surface area contributed by atoms with Crippen molar-refractivity contribution in [3.05, 3.63) is 10.6 Å². The van der Waals surface area contributed by atoms with Crippen LogP contribution in [-0.4, -0.2) is 60.3 Å². The Kier molecular flexibility index (Phi) is 4.62. The molecule has 1 fully saturated rings. The minimum absolute atomic E-state index is 0.233. The summed E-state index contributed by atoms with van der Waals surface area (Å²) in [4.78, 5) is 20.5. The zero-order valence-electron chi connectivity index (χ0n) is 12.3. The summed E-state index contributed by atoms with van der Waals surface area (Å²) >= 11 is 1.24. The van der Waals surface area contributed by atoms with Crippen molar-refractivity contribution < 1.29 is 14.6 Å². The molecule has 6 nitrogen and oxygen atoms in total. The molecule has 2 unspecified atom stereocenters. The number of anilines is 1. The van der Waals surface area contributed by atoms with Crippen LogP contribution in [0.5, 0.6) is 0 Å². The van der Waals surface area contributed by atoms with Gasteiger partial charge in [0.2, 0.25) is 0 Å². The SMILES string of the molecule is COCc1nc(N2CC(C)N(C)C(C)C2)sc1C(=O)O. The molecule has 2 atom stereocenters. The first kappa shape index (κ1) is 15.2. The number of carboxylic acids is 1. The van der Waals surface area contributed by atoms with Crippen LogP contribution in [0.25, 0.3) is 0 Å². The third kappa shape index (κ3) is 2.94. The Balaban J connectivity index is 2.24. The lowest BCUT2D eigenvalue weighted by atomic mass is 10.1. The number of rotatable bonds is 4. The van der Waals surface area contributed by atoms with Gasteiger partial charge in [-0.1, -0.05) is 11.3 Å². The van der Waals surface area contributed by atoms with Crippen molar-refractivity contribution in [2.45, 2.75) is 32.5 Å². The number of hydrogen-bond donors (Lipinski definition) is 1. The predicted molar refractivity (Wildman–Crippen MR) is 78.7 cm³/mol. The lowest BCUT2D eigenvalue weighted by Crippen LogP contribution is -2.55. The summed E-state index contributed by atoms with van der Waals surface area (Å²) in [6.45, 7) is 6.30. The predicted octanol–water partition coefficient (Wildman–Crippen LogP) is 1.52. The topological polar surface area (TPSA) is 65.9 Å². The van der Waals surface area contributed by atoms with Gasteiger partial charge in [0.1, 0.15) is 4.88 Å². The average molecular weight is 299 g/mol. The first-order chi connectivity index (χ1) is 9.43. The van der Waals surface area contributed by atoms with Crippen LogP contribution in [-0.2, 0) is 11.3 Å². The number of thiazole rings is 1. The number of piperazine rings is 1. The second-order valence-corrected chi connectivity index (χ2v) is 6.26. The summed E-state index contributed by atoms with van der Waals surface area (Å²) in [5, 5.41) is 10.0. The lowest BCUT2D eigenvalue weighted by Gasteiger charge is -2.42. The number of ether oxygens (including phenoxy) is 1. The molecule has 2 rings (SSSR count). The Hall–Kier alpha value is -1.18. The highest BCUT2D eigenvalue weighted by Crippen LogP contribution is 2.29. The van der Waals surface area contributed by atoms with Gasteiger partial charge < -0.3 is 14.7 Å². The summed E-state index contributed by atoms with van der Waals surface area (Å²) in [5.41, 5.74) is 0.513. The highest BCUT2D eigenvalue weighted by Gasteiger charge is 2.29. The number of aromatic carboxylic acids is 1. The third-order valence-corrected chi connectivity index (χ3v) is 4.94. The monoisotopic (exact) mass is 299 g/mol. The summed E-state index contributed by atoms with van der Waals surface area (Å²) < 4.78 is 5.03. The molecule has 2 heterocycles. The molecule has 0 bridgehead atoms. The fraction of sp³-hybridized carbons (Fsp3) is 0.692. The number of hydrogen-bond acceptors (Lipinski definition) is 6. The van der Waals surface area contributed by atoms with Gasteiger partial charge in [0.25, 0.3) is 0 Å². The van der Waals surface area contributed by atoms with Crippen molar-refractivity contribution in [1.29, 1.82) is 0 Å². The van der Waals surface area contributed by atoms with Gasteiger partial charge in [-0.15, -0.1) is 0 Å². The first-order valence-electron chi connectivity index (χ1n) is 6.62. The van der Waals surface area contributed by atoms with Gasteiger partial charge in [-0.05, 0) is 20.9 Å². The second-order valence-electron chi connectivity index (χ2n) is 5.28. The summed E-state index contributed by atoms with van der Waals surface area (Å²) in [7, 11) is 3.66. The molecule has 1 aliphatic heterocycles. The number of likely N-dealkylation sites (N-methyl/N-ethyl adjacent to an activating group) is 1. The van der Waals surface area contributed by atoms with E-state index in [0.29, 0.717) is 17.8 Å². The molecule has 0 aliphatic carbocycles. The van der Waals surface area contributed by atoms with Crippen LogP contribution in [0.4, 0.5) is 5.13 Å². The van der Waals surface area contributed by atoms with E-state index < -0.39 is 5.97 Å². The number of aromatic nitrogens is 1. The van der Waals surface area contributed by atoms with Gasteiger partial charge >= 0.3 is 5.97 Å². The second kappa shape index (κ2) is 6.07. The molecule has 1 aliphatic rings. The van der Waals surface area contributed by atoms with Crippen molar-refractivity contribution in [3.63, 3.8) is 0 Å². The van der Waals surface area contributed by atoms with Gasteiger partial charge in [-0.2, -0.15) is 0 Å². The van der Waals surface area contributed by atoms with E-state index in [1.165, 1.54) is 11.3 Å². The molecule has 0 amide bonds. The minimum Gasteiger partial charge on any atom is -0.477 e. The van der Waals surface area contributed by atoms with Crippen molar-refractivity contribution in [2.75, 3.05) is 32.1 Å². The van der Waals surface area contributed by atoms with Gasteiger partial charge in [0, 0.05) is 32.3 Å². The number of carbonyl (C=O) groups is 1. The van der Waals surface area contributed by atoms with Crippen LogP contribution in [0.2, 0.25) is 0 Å². The molecule has 1 aromatic rings. The van der Waals surface area contributed by atoms with E-state index >= 15 is 0 Å². The molecule has 1 aromatic heterocycles. The van der Waals surface area contributed by atoms with Crippen molar-refractivity contribution in [3.8, 4) is 0 Å². The lowest BCUT2D eigenvalue weighted by molar-refractivity contribution is 0.0697. The Morgan fingerprint density at radius 3 is 2.55 bits per heavy atom. The van der Waals surface area contributed by atoms with Crippen LogP contribution in [0.15, 0.2) is 0 Å². The van der Waals surface area contributed by atoms with E-state index in [2.05, 4.69) is 35.7 Å². The van der Waals surface area contributed by atoms with Gasteiger partial charge in [-0.3, -0.25) is 4.90 Å². The summed E-state index contributed by atoms with van der Waals surface area (Å²) in [6.07, 6.45) is 0. The number of carboxylic acid groups (broad SMARTS) is 1. The van der Waals surface area contributed by atoms with Crippen LogP contribution >= 0.6 is 11.3 Å². The van der Waals surface area contributed by atoms with Crippen LogP contribution in [0.3, 0.4) is 0 Å². The molecule has 20 heavy (non-hydrogen) atoms. The van der Waals surface area contributed by atoms with Gasteiger partial charge in [-0.25, -0.2) is 9.78 Å². The minimum atomic E-state index is -0.934. The average Bonchev–Trinajstić information content (AvgIpc) is 2.80. The zero-order valence-corrected chi connectivity index (χ0v) is 13.1. The smallest absolute Gasteiger partial charge is 0.347 e. The number of nitrogens with zero attached hydrogens (tertiary/aromatic N) is 3. The maximum atomic E-state index is 11.3. The summed E-state index contributed by atoms with van der Waals surface area (Å²) in [6, 6.07) is 0.837. The van der Waals surface area contributed by atoms with Crippen molar-refractivity contribution in [2.24, 2.45) is 0 Å². The van der Waals surface area contributed by atoms with E-state index in [-0.39, 0.29) is 11.5 Å². The maximum absolute atomic E-state index is 11.3. The molecule has 0 aromatic carbocycles. The molecule has 1 saturated heterocycles. The van der Waals surface area contributed by atoms with E-state index in [0.717, 1.165) is 18.2 Å². The molecular weight excluding hydrogens is 278 g/mol. The molecule has 0 radical (unpaired) electrons. The standard InChI is InChI=1S/C13H21N3O3S/c1-8-5-16(6-9(2)15(8)3)13-14-10(7-19-4)11(20-13)12(17)18/h8-9H,5-7H2,1-4H3,(H,17,18). The zero-order chi connectivity index (χ0) is 14.9. The molecule has 112 valence electrons. The Morgan fingerprint density at radius 2 is 2.05 bits per heavy atom. The van der Waals surface area contributed by atoms with Crippen molar-refractivity contribution in [1.82, 2.24) is 9.88 Å². The highest BCUT2D eigenvalue weighted by molar-refractivity contribution is 7.17. The molecular formula is C13H21N3O3S. The Bertz CT molecular complexity index is 479. The van der Waals surface area contributed by atoms with Crippen LogP contribution in [0.1, 0.15) is 29.2 Å². The molecule has 7 heteroatoms. The number of methoxy groups -OCH3 is 1.